The lowest BCUT2D eigenvalue weighted by atomic mass is 10.1. The number of hydrogen-bond donors (Lipinski definition) is 0. The van der Waals surface area contributed by atoms with Crippen LogP contribution in [0.25, 0.3) is 0 Å². The fourth-order valence-corrected chi connectivity index (χ4v) is 3.49. The standard InChI is InChI=1S/C17H19BrN4OS/c1-11-6-4-5-7-14(11)8-9-24-17-20-19-15(23-17)10-22-13(3)16(18)12(2)21-22/h4-7H,8-10H2,1-3H3. The number of aryl methyl sites for hydroxylation is 3. The summed E-state index contributed by atoms with van der Waals surface area (Å²) in [6.07, 6.45) is 0.986. The lowest BCUT2D eigenvalue weighted by molar-refractivity contribution is 0.396. The first-order valence-electron chi connectivity index (χ1n) is 7.74. The van der Waals surface area contributed by atoms with E-state index in [9.17, 15) is 0 Å². The van der Waals surface area contributed by atoms with Crippen LogP contribution in [0.4, 0.5) is 0 Å². The highest BCUT2D eigenvalue weighted by Crippen LogP contribution is 2.22. The van der Waals surface area contributed by atoms with Crippen LogP contribution in [0.3, 0.4) is 0 Å². The maximum absolute atomic E-state index is 5.72. The summed E-state index contributed by atoms with van der Waals surface area (Å²) in [4.78, 5) is 0. The predicted octanol–water partition coefficient (Wildman–Crippen LogP) is 4.34. The summed E-state index contributed by atoms with van der Waals surface area (Å²) >= 11 is 5.12. The van der Waals surface area contributed by atoms with Gasteiger partial charge in [-0.15, -0.1) is 10.2 Å². The number of rotatable bonds is 6. The molecule has 7 heteroatoms. The van der Waals surface area contributed by atoms with Crippen molar-refractivity contribution in [3.8, 4) is 0 Å². The van der Waals surface area contributed by atoms with Crippen molar-refractivity contribution < 1.29 is 4.42 Å². The van der Waals surface area contributed by atoms with Gasteiger partial charge < -0.3 is 4.42 Å². The minimum atomic E-state index is 0.490. The van der Waals surface area contributed by atoms with Crippen LogP contribution < -0.4 is 0 Å². The van der Waals surface area contributed by atoms with Gasteiger partial charge in [-0.05, 0) is 54.2 Å². The molecule has 0 saturated heterocycles. The second-order valence-electron chi connectivity index (χ2n) is 5.63. The number of thioether (sulfide) groups is 1. The van der Waals surface area contributed by atoms with Crippen LogP contribution in [-0.4, -0.2) is 25.7 Å². The summed E-state index contributed by atoms with van der Waals surface area (Å²) in [7, 11) is 0. The Morgan fingerprint density at radius 2 is 1.96 bits per heavy atom. The van der Waals surface area contributed by atoms with E-state index in [2.05, 4.69) is 62.4 Å². The molecule has 0 fully saturated rings. The lowest BCUT2D eigenvalue weighted by Crippen LogP contribution is -2.04. The third-order valence-electron chi connectivity index (χ3n) is 3.88. The van der Waals surface area contributed by atoms with E-state index in [-0.39, 0.29) is 0 Å². The van der Waals surface area contributed by atoms with E-state index < -0.39 is 0 Å². The van der Waals surface area contributed by atoms with Crippen molar-refractivity contribution in [2.75, 3.05) is 5.75 Å². The summed E-state index contributed by atoms with van der Waals surface area (Å²) in [5, 5.41) is 13.3. The van der Waals surface area contributed by atoms with Crippen LogP contribution in [0.1, 0.15) is 28.4 Å². The first kappa shape index (κ1) is 17.2. The van der Waals surface area contributed by atoms with Crippen LogP contribution >= 0.6 is 27.7 Å². The van der Waals surface area contributed by atoms with Crippen molar-refractivity contribution in [1.82, 2.24) is 20.0 Å². The molecule has 0 aliphatic heterocycles. The molecule has 0 radical (unpaired) electrons. The Kier molecular flexibility index (Phi) is 5.40. The topological polar surface area (TPSA) is 56.7 Å². The zero-order chi connectivity index (χ0) is 17.1. The van der Waals surface area contributed by atoms with E-state index in [4.69, 9.17) is 4.42 Å². The van der Waals surface area contributed by atoms with Gasteiger partial charge in [0, 0.05) is 5.75 Å². The van der Waals surface area contributed by atoms with Gasteiger partial charge in [0.25, 0.3) is 5.22 Å². The molecule has 0 aliphatic carbocycles. The van der Waals surface area contributed by atoms with Crippen LogP contribution in [0.2, 0.25) is 0 Å². The number of hydrogen-bond acceptors (Lipinski definition) is 5. The normalized spacial score (nSPS) is 11.2. The average Bonchev–Trinajstić information content (AvgIpc) is 3.10. The molecule has 3 aromatic rings. The van der Waals surface area contributed by atoms with Gasteiger partial charge in [0.05, 0.1) is 15.9 Å². The van der Waals surface area contributed by atoms with E-state index >= 15 is 0 Å². The molecule has 0 aliphatic rings. The quantitative estimate of drug-likeness (QED) is 0.569. The van der Waals surface area contributed by atoms with Crippen molar-refractivity contribution in [2.45, 2.75) is 39.0 Å². The summed E-state index contributed by atoms with van der Waals surface area (Å²) in [5.41, 5.74) is 4.69. The van der Waals surface area contributed by atoms with E-state index in [0.717, 1.165) is 28.0 Å². The Morgan fingerprint density at radius 3 is 2.67 bits per heavy atom. The van der Waals surface area contributed by atoms with Crippen molar-refractivity contribution in [3.05, 3.63) is 57.1 Å². The lowest BCUT2D eigenvalue weighted by Gasteiger charge is -2.03. The number of nitrogens with zero attached hydrogens (tertiary/aromatic N) is 4. The van der Waals surface area contributed by atoms with Gasteiger partial charge in [-0.3, -0.25) is 4.68 Å². The Hall–Kier alpha value is -1.60. The van der Waals surface area contributed by atoms with E-state index in [1.807, 2.05) is 18.5 Å². The minimum absolute atomic E-state index is 0.490. The first-order valence-corrected chi connectivity index (χ1v) is 9.51. The van der Waals surface area contributed by atoms with E-state index in [1.165, 1.54) is 11.1 Å². The third kappa shape index (κ3) is 3.89. The highest BCUT2D eigenvalue weighted by atomic mass is 79.9. The second kappa shape index (κ2) is 7.53. The molecule has 1 aromatic carbocycles. The van der Waals surface area contributed by atoms with E-state index in [1.54, 1.807) is 11.8 Å². The summed E-state index contributed by atoms with van der Waals surface area (Å²) in [6, 6.07) is 8.44. The summed E-state index contributed by atoms with van der Waals surface area (Å²) in [6.45, 7) is 6.60. The Balaban J connectivity index is 1.57. The fraction of sp³-hybridized carbons (Fsp3) is 0.353. The molecule has 5 nitrogen and oxygen atoms in total. The molecule has 0 saturated carbocycles. The molecular weight excluding hydrogens is 388 g/mol. The van der Waals surface area contributed by atoms with Crippen molar-refractivity contribution >= 4 is 27.7 Å². The molecule has 0 atom stereocenters. The molecule has 24 heavy (non-hydrogen) atoms. The zero-order valence-corrected chi connectivity index (χ0v) is 16.3. The zero-order valence-electron chi connectivity index (χ0n) is 13.9. The highest BCUT2D eigenvalue weighted by Gasteiger charge is 2.13. The first-order chi connectivity index (χ1) is 11.5. The van der Waals surface area contributed by atoms with E-state index in [0.29, 0.717) is 17.7 Å². The Bertz CT molecular complexity index is 843. The molecule has 0 amide bonds. The highest BCUT2D eigenvalue weighted by molar-refractivity contribution is 9.10. The second-order valence-corrected chi connectivity index (χ2v) is 7.47. The molecule has 0 N–H and O–H groups in total. The van der Waals surface area contributed by atoms with Crippen LogP contribution in [0.15, 0.2) is 38.4 Å². The molecule has 2 aromatic heterocycles. The number of aromatic nitrogens is 4. The van der Waals surface area contributed by atoms with Gasteiger partial charge >= 0.3 is 0 Å². The Labute approximate surface area is 154 Å². The van der Waals surface area contributed by atoms with Crippen LogP contribution in [0.5, 0.6) is 0 Å². The number of halogens is 1. The maximum atomic E-state index is 5.72. The van der Waals surface area contributed by atoms with Gasteiger partial charge in [0.1, 0.15) is 6.54 Å². The van der Waals surface area contributed by atoms with Crippen molar-refractivity contribution in [2.24, 2.45) is 0 Å². The van der Waals surface area contributed by atoms with Crippen LogP contribution in [0, 0.1) is 20.8 Å². The van der Waals surface area contributed by atoms with Gasteiger partial charge in [-0.1, -0.05) is 36.0 Å². The fourth-order valence-electron chi connectivity index (χ4n) is 2.46. The molecule has 126 valence electrons. The van der Waals surface area contributed by atoms with Gasteiger partial charge in [0.2, 0.25) is 5.89 Å². The largest absolute Gasteiger partial charge is 0.414 e. The van der Waals surface area contributed by atoms with Crippen LogP contribution in [-0.2, 0) is 13.0 Å². The Morgan fingerprint density at radius 1 is 1.17 bits per heavy atom. The van der Waals surface area contributed by atoms with Gasteiger partial charge in [-0.2, -0.15) is 5.10 Å². The summed E-state index contributed by atoms with van der Waals surface area (Å²) in [5.74, 6) is 1.49. The van der Waals surface area contributed by atoms with Gasteiger partial charge in [0.15, 0.2) is 0 Å². The van der Waals surface area contributed by atoms with Crippen molar-refractivity contribution in [3.63, 3.8) is 0 Å². The molecule has 3 rings (SSSR count). The smallest absolute Gasteiger partial charge is 0.276 e. The minimum Gasteiger partial charge on any atom is -0.414 e. The average molecular weight is 407 g/mol. The third-order valence-corrected chi connectivity index (χ3v) is 5.85. The van der Waals surface area contributed by atoms with Gasteiger partial charge in [-0.25, -0.2) is 0 Å². The molecule has 2 heterocycles. The molecule has 0 bridgehead atoms. The molecular formula is C17H19BrN4OS. The molecule has 0 unspecified atom stereocenters. The monoisotopic (exact) mass is 406 g/mol. The SMILES string of the molecule is Cc1ccccc1CCSc1nnc(Cn2nc(C)c(Br)c2C)o1. The number of benzene rings is 1. The summed E-state index contributed by atoms with van der Waals surface area (Å²) < 4.78 is 8.62. The van der Waals surface area contributed by atoms with Crippen molar-refractivity contribution in [1.29, 1.82) is 0 Å². The predicted molar refractivity (Wildman–Crippen MR) is 98.4 cm³/mol. The maximum Gasteiger partial charge on any atom is 0.276 e. The molecule has 0 spiro atoms.